The zero-order valence-corrected chi connectivity index (χ0v) is 11.5. The Morgan fingerprint density at radius 2 is 1.00 bits per heavy atom. The molecule has 0 spiro atoms. The molecule has 0 atom stereocenters. The van der Waals surface area contributed by atoms with Crippen molar-refractivity contribution in [1.82, 2.24) is 4.90 Å². The van der Waals surface area contributed by atoms with Crippen LogP contribution in [0, 0.1) is 0 Å². The van der Waals surface area contributed by atoms with Gasteiger partial charge in [-0.1, -0.05) is 20.8 Å². The largest absolute Gasteiger partial charge is 1.00 e. The second-order valence-corrected chi connectivity index (χ2v) is 3.45. The monoisotopic (exact) mass is 171 g/mol. The van der Waals surface area contributed by atoms with Crippen molar-refractivity contribution in [2.24, 2.45) is 0 Å². The van der Waals surface area contributed by atoms with E-state index in [4.69, 9.17) is 0 Å². The summed E-state index contributed by atoms with van der Waals surface area (Å²) in [5, 5.41) is 10.1. The normalized spacial score (nSPS) is 9.60. The van der Waals surface area contributed by atoms with E-state index in [-0.39, 0.29) is 51.4 Å². The van der Waals surface area contributed by atoms with Gasteiger partial charge in [0.1, 0.15) is 0 Å². The summed E-state index contributed by atoms with van der Waals surface area (Å²) in [5.41, 5.74) is -0.750. The van der Waals surface area contributed by atoms with Gasteiger partial charge in [0.2, 0.25) is 0 Å². The summed E-state index contributed by atoms with van der Waals surface area (Å²) in [4.78, 5) is 2.00. The van der Waals surface area contributed by atoms with Crippen LogP contribution in [0.25, 0.3) is 0 Å². The minimum Gasteiger partial charge on any atom is -0.850 e. The van der Waals surface area contributed by atoms with Crippen molar-refractivity contribution in [3.05, 3.63) is 0 Å². The van der Waals surface area contributed by atoms with Gasteiger partial charge in [-0.25, -0.2) is 0 Å². The Bertz CT molecular complexity index is 50.4. The third-order valence-corrected chi connectivity index (χ3v) is 0. The summed E-state index contributed by atoms with van der Waals surface area (Å²) < 4.78 is 0. The van der Waals surface area contributed by atoms with E-state index in [0.717, 1.165) is 0 Å². The molecular weight excluding hydrogens is 153 g/mol. The van der Waals surface area contributed by atoms with E-state index >= 15 is 0 Å². The molecule has 0 aromatic rings. The first-order chi connectivity index (χ1) is 3.73. The minimum atomic E-state index is -0.750. The SMILES string of the molecule is CC(C)(C)[O-].CN(C)C.[K+]. The molecule has 2 nitrogen and oxygen atoms in total. The Labute approximate surface area is 107 Å². The Morgan fingerprint density at radius 1 is 1.00 bits per heavy atom. The summed E-state index contributed by atoms with van der Waals surface area (Å²) in [5.74, 6) is 0. The van der Waals surface area contributed by atoms with Crippen LogP contribution < -0.4 is 56.5 Å². The van der Waals surface area contributed by atoms with Gasteiger partial charge in [0, 0.05) is 0 Å². The molecule has 0 bridgehead atoms. The van der Waals surface area contributed by atoms with Crippen molar-refractivity contribution < 1.29 is 56.5 Å². The van der Waals surface area contributed by atoms with Gasteiger partial charge in [0.15, 0.2) is 0 Å². The van der Waals surface area contributed by atoms with E-state index in [1.807, 2.05) is 26.0 Å². The maximum atomic E-state index is 10.1. The van der Waals surface area contributed by atoms with Crippen LogP contribution in [0.15, 0.2) is 0 Å². The molecule has 10 heavy (non-hydrogen) atoms. The third-order valence-electron chi connectivity index (χ3n) is 0. The molecule has 0 saturated heterocycles. The third kappa shape index (κ3) is 289. The fourth-order valence-electron chi connectivity index (χ4n) is 0. The maximum Gasteiger partial charge on any atom is 1.00 e. The van der Waals surface area contributed by atoms with E-state index in [2.05, 4.69) is 0 Å². The summed E-state index contributed by atoms with van der Waals surface area (Å²) in [6, 6.07) is 0. The Morgan fingerprint density at radius 3 is 1.00 bits per heavy atom. The number of rotatable bonds is 0. The maximum absolute atomic E-state index is 10.1. The van der Waals surface area contributed by atoms with E-state index in [9.17, 15) is 5.11 Å². The number of nitrogens with zero attached hydrogens (tertiary/aromatic N) is 1. The molecule has 0 aliphatic carbocycles. The number of hydrogen-bond donors (Lipinski definition) is 0. The van der Waals surface area contributed by atoms with Crippen LogP contribution in [0.2, 0.25) is 0 Å². The standard InChI is InChI=1S/C4H9O.C3H9N.K/c1-4(2,3)5;1-4(2)3;/h1-3H3;1-3H3;/q-1;;+1. The van der Waals surface area contributed by atoms with Crippen molar-refractivity contribution in [2.45, 2.75) is 26.4 Å². The van der Waals surface area contributed by atoms with Crippen LogP contribution in [0.1, 0.15) is 20.8 Å². The Balaban J connectivity index is -0.0000000910. The summed E-state index contributed by atoms with van der Waals surface area (Å²) in [6.07, 6.45) is 0. The van der Waals surface area contributed by atoms with Crippen molar-refractivity contribution in [3.63, 3.8) is 0 Å². The zero-order valence-electron chi connectivity index (χ0n) is 8.36. The van der Waals surface area contributed by atoms with Gasteiger partial charge in [-0.2, -0.15) is 0 Å². The molecule has 58 valence electrons. The zero-order chi connectivity index (χ0) is 8.08. The molecule has 0 heterocycles. The van der Waals surface area contributed by atoms with Crippen molar-refractivity contribution in [3.8, 4) is 0 Å². The molecule has 0 rings (SSSR count). The summed E-state index contributed by atoms with van der Waals surface area (Å²) in [6.45, 7) is 4.90. The molecule has 0 aliphatic heterocycles. The molecule has 0 aliphatic rings. The number of hydrogen-bond acceptors (Lipinski definition) is 2. The Kier molecular flexibility index (Phi) is 15.2. The first kappa shape index (κ1) is 17.6. The Hall–Kier alpha value is 1.56. The van der Waals surface area contributed by atoms with Gasteiger partial charge < -0.3 is 10.0 Å². The van der Waals surface area contributed by atoms with E-state index in [1.54, 1.807) is 20.8 Å². The van der Waals surface area contributed by atoms with Crippen molar-refractivity contribution in [1.29, 1.82) is 0 Å². The molecule has 0 saturated carbocycles. The van der Waals surface area contributed by atoms with E-state index in [1.165, 1.54) is 0 Å². The topological polar surface area (TPSA) is 26.3 Å². The summed E-state index contributed by atoms with van der Waals surface area (Å²) >= 11 is 0. The van der Waals surface area contributed by atoms with Crippen LogP contribution in [0.3, 0.4) is 0 Å². The quantitative estimate of drug-likeness (QED) is 0.372. The molecular formula is C7H18KNO. The van der Waals surface area contributed by atoms with Crippen LogP contribution in [-0.2, 0) is 0 Å². The van der Waals surface area contributed by atoms with Gasteiger partial charge in [0.25, 0.3) is 0 Å². The van der Waals surface area contributed by atoms with Gasteiger partial charge in [0.05, 0.1) is 0 Å². The molecule has 0 fully saturated rings. The predicted octanol–water partition coefficient (Wildman–Crippen LogP) is -2.67. The van der Waals surface area contributed by atoms with Crippen LogP contribution in [-0.4, -0.2) is 31.6 Å². The molecule has 0 radical (unpaired) electrons. The van der Waals surface area contributed by atoms with Crippen molar-refractivity contribution >= 4 is 0 Å². The van der Waals surface area contributed by atoms with Gasteiger partial charge >= 0.3 is 51.4 Å². The van der Waals surface area contributed by atoms with Gasteiger partial charge in [-0.15, -0.1) is 5.60 Å². The van der Waals surface area contributed by atoms with Crippen LogP contribution in [0.4, 0.5) is 0 Å². The first-order valence-corrected chi connectivity index (χ1v) is 3.05. The molecule has 0 aromatic heterocycles. The molecule has 0 aromatic carbocycles. The van der Waals surface area contributed by atoms with E-state index < -0.39 is 5.60 Å². The van der Waals surface area contributed by atoms with Gasteiger partial charge in [-0.3, -0.25) is 0 Å². The average Bonchev–Trinajstić information content (AvgIpc) is 1.19. The molecule has 0 amide bonds. The average molecular weight is 171 g/mol. The molecule has 0 unspecified atom stereocenters. The minimum absolute atomic E-state index is 0. The van der Waals surface area contributed by atoms with Crippen LogP contribution >= 0.6 is 0 Å². The second kappa shape index (κ2) is 8.65. The van der Waals surface area contributed by atoms with Gasteiger partial charge in [-0.05, 0) is 21.1 Å². The van der Waals surface area contributed by atoms with Crippen molar-refractivity contribution in [2.75, 3.05) is 21.1 Å². The molecule has 3 heteroatoms. The predicted molar refractivity (Wildman–Crippen MR) is 39.4 cm³/mol. The van der Waals surface area contributed by atoms with Crippen LogP contribution in [0.5, 0.6) is 0 Å². The fourth-order valence-corrected chi connectivity index (χ4v) is 0. The second-order valence-electron chi connectivity index (χ2n) is 3.45. The summed E-state index contributed by atoms with van der Waals surface area (Å²) in [7, 11) is 6.00. The smallest absolute Gasteiger partial charge is 0.850 e. The first-order valence-electron chi connectivity index (χ1n) is 3.05. The fraction of sp³-hybridized carbons (Fsp3) is 1.00. The molecule has 0 N–H and O–H groups in total. The van der Waals surface area contributed by atoms with E-state index in [0.29, 0.717) is 0 Å².